The van der Waals surface area contributed by atoms with Crippen molar-refractivity contribution in [3.05, 3.63) is 0 Å². The van der Waals surface area contributed by atoms with Gasteiger partial charge >= 0.3 is 0 Å². The van der Waals surface area contributed by atoms with Crippen LogP contribution in [0, 0.1) is 0 Å². The van der Waals surface area contributed by atoms with Crippen LogP contribution >= 0.6 is 12.2 Å². The molecule has 0 heterocycles. The lowest BCUT2D eigenvalue weighted by atomic mass is 10.3. The van der Waals surface area contributed by atoms with E-state index in [0.717, 1.165) is 0 Å². The van der Waals surface area contributed by atoms with Crippen LogP contribution in [-0.4, -0.2) is 63.2 Å². The maximum atomic E-state index is 11.4. The molecule has 0 bridgehead atoms. The molecule has 17 heavy (non-hydrogen) atoms. The molecule has 0 saturated carbocycles. The molecule has 0 radical (unpaired) electrons. The summed E-state index contributed by atoms with van der Waals surface area (Å²) >= 11 is 4.81. The van der Waals surface area contributed by atoms with E-state index in [9.17, 15) is 8.42 Å². The molecule has 0 atom stereocenters. The molecule has 0 saturated heterocycles. The Labute approximate surface area is 109 Å². The second-order valence-electron chi connectivity index (χ2n) is 3.79. The number of hydrogen-bond acceptors (Lipinski definition) is 5. The zero-order valence-corrected chi connectivity index (χ0v) is 12.1. The van der Waals surface area contributed by atoms with Crippen LogP contribution < -0.4 is 5.73 Å². The number of methoxy groups -OCH3 is 1. The monoisotopic (exact) mass is 282 g/mol. The highest BCUT2D eigenvalue weighted by Crippen LogP contribution is 1.97. The molecular formula is C10H22N2O3S2. The Morgan fingerprint density at radius 2 is 2.00 bits per heavy atom. The van der Waals surface area contributed by atoms with Crippen molar-refractivity contribution in [2.75, 3.05) is 44.9 Å². The van der Waals surface area contributed by atoms with Gasteiger partial charge in [-0.1, -0.05) is 19.1 Å². The summed E-state index contributed by atoms with van der Waals surface area (Å²) in [5.74, 6) is 0.352. The van der Waals surface area contributed by atoms with Crippen molar-refractivity contribution in [3.8, 4) is 0 Å². The molecule has 0 aliphatic heterocycles. The summed E-state index contributed by atoms with van der Waals surface area (Å²) in [6.45, 7) is 4.10. The highest BCUT2D eigenvalue weighted by molar-refractivity contribution is 7.91. The molecule has 0 spiro atoms. The van der Waals surface area contributed by atoms with Gasteiger partial charge in [0.2, 0.25) is 0 Å². The number of nitrogens with zero attached hydrogens (tertiary/aromatic N) is 1. The van der Waals surface area contributed by atoms with E-state index in [1.807, 2.05) is 4.90 Å². The molecule has 0 fully saturated rings. The predicted octanol–water partition coefficient (Wildman–Crippen LogP) is 0.0457. The van der Waals surface area contributed by atoms with Crippen LogP contribution in [0.3, 0.4) is 0 Å². The van der Waals surface area contributed by atoms with Crippen molar-refractivity contribution >= 4 is 27.0 Å². The summed E-state index contributed by atoms with van der Waals surface area (Å²) in [6.07, 6.45) is 0.602. The van der Waals surface area contributed by atoms with E-state index in [4.69, 9.17) is 22.7 Å². The number of thiocarbonyl (C=S) groups is 1. The van der Waals surface area contributed by atoms with Gasteiger partial charge < -0.3 is 10.5 Å². The van der Waals surface area contributed by atoms with E-state index in [1.165, 1.54) is 0 Å². The summed E-state index contributed by atoms with van der Waals surface area (Å²) in [7, 11) is -1.31. The first kappa shape index (κ1) is 16.8. The van der Waals surface area contributed by atoms with Gasteiger partial charge in [-0.25, -0.2) is 8.42 Å². The van der Waals surface area contributed by atoms with Gasteiger partial charge in [-0.15, -0.1) is 0 Å². The fraction of sp³-hybridized carbons (Fsp3) is 0.900. The van der Waals surface area contributed by atoms with Crippen LogP contribution in [0.15, 0.2) is 0 Å². The van der Waals surface area contributed by atoms with E-state index < -0.39 is 9.84 Å². The normalized spacial score (nSPS) is 11.9. The Morgan fingerprint density at radius 1 is 1.35 bits per heavy atom. The van der Waals surface area contributed by atoms with Crippen LogP contribution in [0.4, 0.5) is 0 Å². The number of nitrogens with two attached hydrogens (primary N) is 1. The van der Waals surface area contributed by atoms with Crippen LogP contribution in [0.1, 0.15) is 13.3 Å². The zero-order chi connectivity index (χ0) is 13.3. The van der Waals surface area contributed by atoms with E-state index in [2.05, 4.69) is 0 Å². The van der Waals surface area contributed by atoms with Gasteiger partial charge in [-0.2, -0.15) is 0 Å². The second-order valence-corrected chi connectivity index (χ2v) is 6.78. The average Bonchev–Trinajstić information content (AvgIpc) is 2.28. The standard InChI is InChI=1S/C10H22N2O3S2/c1-3-17(13,14)9-7-12(6-8-15-2)5-4-10(11)16/h3-9H2,1-2H3,(H2,11,16). The van der Waals surface area contributed by atoms with Crippen molar-refractivity contribution in [2.45, 2.75) is 13.3 Å². The van der Waals surface area contributed by atoms with Crippen LogP contribution in [-0.2, 0) is 14.6 Å². The molecule has 0 rings (SSSR count). The highest BCUT2D eigenvalue weighted by Gasteiger charge is 2.11. The molecular weight excluding hydrogens is 260 g/mol. The first-order valence-corrected chi connectivity index (χ1v) is 7.84. The molecule has 0 amide bonds. The Bertz CT molecular complexity index is 318. The Hall–Kier alpha value is -0.240. The minimum absolute atomic E-state index is 0.171. The SMILES string of the molecule is CCS(=O)(=O)CCN(CCOC)CCC(N)=S. The van der Waals surface area contributed by atoms with E-state index in [-0.39, 0.29) is 11.5 Å². The van der Waals surface area contributed by atoms with Gasteiger partial charge in [-0.3, -0.25) is 4.90 Å². The number of hydrogen-bond donors (Lipinski definition) is 1. The van der Waals surface area contributed by atoms with Crippen molar-refractivity contribution in [1.29, 1.82) is 0 Å². The minimum atomic E-state index is -2.92. The Kier molecular flexibility index (Phi) is 8.67. The first-order valence-electron chi connectivity index (χ1n) is 5.61. The number of ether oxygens (including phenoxy) is 1. The Balaban J connectivity index is 4.13. The van der Waals surface area contributed by atoms with E-state index >= 15 is 0 Å². The maximum absolute atomic E-state index is 11.4. The van der Waals surface area contributed by atoms with Crippen molar-refractivity contribution in [2.24, 2.45) is 5.73 Å². The lowest BCUT2D eigenvalue weighted by molar-refractivity contribution is 0.153. The van der Waals surface area contributed by atoms with Crippen molar-refractivity contribution in [1.82, 2.24) is 4.90 Å². The van der Waals surface area contributed by atoms with Gasteiger partial charge in [0.25, 0.3) is 0 Å². The fourth-order valence-corrected chi connectivity index (χ4v) is 2.15. The average molecular weight is 282 g/mol. The molecule has 2 N–H and O–H groups in total. The summed E-state index contributed by atoms with van der Waals surface area (Å²) in [4.78, 5) is 2.46. The minimum Gasteiger partial charge on any atom is -0.393 e. The summed E-state index contributed by atoms with van der Waals surface area (Å²) in [5, 5.41) is 0. The van der Waals surface area contributed by atoms with Gasteiger partial charge in [0, 0.05) is 38.9 Å². The molecule has 0 aromatic heterocycles. The first-order chi connectivity index (χ1) is 7.91. The smallest absolute Gasteiger partial charge is 0.151 e. The summed E-state index contributed by atoms with van der Waals surface area (Å²) in [6, 6.07) is 0. The largest absolute Gasteiger partial charge is 0.393 e. The quantitative estimate of drug-likeness (QED) is 0.571. The number of rotatable bonds is 10. The van der Waals surface area contributed by atoms with Crippen LogP contribution in [0.25, 0.3) is 0 Å². The lowest BCUT2D eigenvalue weighted by Gasteiger charge is -2.21. The molecule has 7 heteroatoms. The highest BCUT2D eigenvalue weighted by atomic mass is 32.2. The third-order valence-corrected chi connectivity index (χ3v) is 4.33. The number of sulfone groups is 1. The molecule has 5 nitrogen and oxygen atoms in total. The van der Waals surface area contributed by atoms with Crippen molar-refractivity contribution in [3.63, 3.8) is 0 Å². The predicted molar refractivity (Wildman–Crippen MR) is 74.0 cm³/mol. The van der Waals surface area contributed by atoms with Gasteiger partial charge in [0.15, 0.2) is 9.84 Å². The van der Waals surface area contributed by atoms with Gasteiger partial charge in [0.1, 0.15) is 0 Å². The summed E-state index contributed by atoms with van der Waals surface area (Å²) in [5.41, 5.74) is 5.43. The molecule has 0 aliphatic carbocycles. The molecule has 0 aromatic rings. The zero-order valence-electron chi connectivity index (χ0n) is 10.5. The Morgan fingerprint density at radius 3 is 2.47 bits per heavy atom. The molecule has 0 aromatic carbocycles. The fourth-order valence-electron chi connectivity index (χ4n) is 1.24. The van der Waals surface area contributed by atoms with Crippen LogP contribution in [0.2, 0.25) is 0 Å². The van der Waals surface area contributed by atoms with Crippen molar-refractivity contribution < 1.29 is 13.2 Å². The molecule has 0 aliphatic rings. The van der Waals surface area contributed by atoms with E-state index in [1.54, 1.807) is 14.0 Å². The van der Waals surface area contributed by atoms with Crippen LogP contribution in [0.5, 0.6) is 0 Å². The van der Waals surface area contributed by atoms with Gasteiger partial charge in [0.05, 0.1) is 17.3 Å². The van der Waals surface area contributed by atoms with E-state index in [0.29, 0.717) is 37.7 Å². The lowest BCUT2D eigenvalue weighted by Crippen LogP contribution is -2.35. The third-order valence-electron chi connectivity index (χ3n) is 2.44. The second kappa shape index (κ2) is 8.79. The topological polar surface area (TPSA) is 72.6 Å². The maximum Gasteiger partial charge on any atom is 0.151 e. The van der Waals surface area contributed by atoms with Gasteiger partial charge in [-0.05, 0) is 0 Å². The molecule has 102 valence electrons. The third kappa shape index (κ3) is 9.46. The molecule has 0 unspecified atom stereocenters. The summed E-state index contributed by atoms with van der Waals surface area (Å²) < 4.78 is 27.8.